The topological polar surface area (TPSA) is 62.7 Å². The van der Waals surface area contributed by atoms with Gasteiger partial charge in [0.25, 0.3) is 5.60 Å². The molecule has 1 unspecified atom stereocenters. The van der Waals surface area contributed by atoms with E-state index in [0.717, 1.165) is 25.0 Å². The molecule has 1 aliphatic heterocycles. The van der Waals surface area contributed by atoms with Crippen LogP contribution < -0.4 is 10.9 Å². The average Bonchev–Trinajstić information content (AvgIpc) is 3.43. The number of anilines is 1. The van der Waals surface area contributed by atoms with Gasteiger partial charge in [0.1, 0.15) is 0 Å². The van der Waals surface area contributed by atoms with Gasteiger partial charge in [-0.05, 0) is 43.2 Å². The zero-order valence-electron chi connectivity index (χ0n) is 15.7. The number of nitrogens with one attached hydrogen (secondary N) is 2. The molecule has 2 aromatic carbocycles. The van der Waals surface area contributed by atoms with Gasteiger partial charge in [-0.15, -0.1) is 0 Å². The number of carbonyl (C=O) groups excluding carboxylic acids is 1. The van der Waals surface area contributed by atoms with Crippen LogP contribution >= 0.6 is 34.8 Å². The normalized spacial score (nSPS) is 20.8. The molecule has 164 valence electrons. The zero-order valence-corrected chi connectivity index (χ0v) is 18.0. The molecule has 2 aromatic rings. The highest BCUT2D eigenvalue weighted by molar-refractivity contribution is 6.34. The van der Waals surface area contributed by atoms with Crippen molar-refractivity contribution in [2.75, 3.05) is 5.43 Å². The molecule has 4 rings (SSSR count). The third-order valence-corrected chi connectivity index (χ3v) is 5.85. The Morgan fingerprint density at radius 2 is 1.77 bits per heavy atom. The second-order valence-electron chi connectivity index (χ2n) is 7.37. The van der Waals surface area contributed by atoms with E-state index in [4.69, 9.17) is 39.6 Å². The van der Waals surface area contributed by atoms with Crippen molar-refractivity contribution in [2.24, 2.45) is 11.1 Å². The van der Waals surface area contributed by atoms with E-state index in [9.17, 15) is 18.0 Å². The first-order valence-electron chi connectivity index (χ1n) is 9.23. The molecule has 1 heterocycles. The number of oxime groups is 1. The Morgan fingerprint density at radius 1 is 1.10 bits per heavy atom. The molecular weight excluding hydrogens is 478 g/mol. The molecule has 2 aliphatic rings. The number of alkyl halides is 3. The largest absolute Gasteiger partial charge is 0.435 e. The van der Waals surface area contributed by atoms with Crippen LogP contribution in [-0.4, -0.2) is 17.8 Å². The van der Waals surface area contributed by atoms with Gasteiger partial charge in [-0.2, -0.15) is 13.2 Å². The number of amides is 1. The maximum Gasteiger partial charge on any atom is 0.435 e. The summed E-state index contributed by atoms with van der Waals surface area (Å²) in [4.78, 5) is 16.8. The molecule has 1 fully saturated rings. The van der Waals surface area contributed by atoms with Gasteiger partial charge < -0.3 is 4.84 Å². The van der Waals surface area contributed by atoms with Crippen molar-refractivity contribution in [1.29, 1.82) is 0 Å². The predicted octanol–water partition coefficient (Wildman–Crippen LogP) is 6.08. The van der Waals surface area contributed by atoms with E-state index in [0.29, 0.717) is 11.3 Å². The molecule has 0 bridgehead atoms. The number of nitrogens with zero attached hydrogens (tertiary/aromatic N) is 1. The number of hydrogen-bond donors (Lipinski definition) is 2. The van der Waals surface area contributed by atoms with E-state index in [2.05, 4.69) is 16.0 Å². The minimum atomic E-state index is -4.79. The number of hydrogen-bond acceptors (Lipinski definition) is 4. The first-order valence-corrected chi connectivity index (χ1v) is 10.4. The van der Waals surface area contributed by atoms with Gasteiger partial charge in [-0.25, -0.2) is 0 Å². The Hall–Kier alpha value is -2.16. The lowest BCUT2D eigenvalue weighted by atomic mass is 9.86. The minimum Gasteiger partial charge on any atom is -0.374 e. The van der Waals surface area contributed by atoms with E-state index in [1.54, 1.807) is 0 Å². The van der Waals surface area contributed by atoms with Gasteiger partial charge in [0.2, 0.25) is 5.91 Å². The van der Waals surface area contributed by atoms with Crippen LogP contribution in [0.2, 0.25) is 15.1 Å². The Labute approximate surface area is 190 Å². The lowest BCUT2D eigenvalue weighted by Gasteiger charge is -2.29. The summed E-state index contributed by atoms with van der Waals surface area (Å²) in [5.41, 5.74) is 3.01. The van der Waals surface area contributed by atoms with Gasteiger partial charge in [0.15, 0.2) is 0 Å². The number of halogens is 6. The summed E-state index contributed by atoms with van der Waals surface area (Å²) in [5, 5.41) is 4.10. The molecule has 11 heteroatoms. The summed E-state index contributed by atoms with van der Waals surface area (Å²) in [5.74, 6) is -0.198. The molecule has 0 radical (unpaired) electrons. The highest BCUT2D eigenvalue weighted by Gasteiger charge is 2.62. The highest BCUT2D eigenvalue weighted by atomic mass is 35.5. The SMILES string of the molecule is O=C(NNc1cc(C2=NOC(c3cc(Cl)cc(Cl)c3)(C(F)(F)F)C2)ccc1Cl)C1CC1. The van der Waals surface area contributed by atoms with Crippen molar-refractivity contribution < 1.29 is 22.8 Å². The standard InChI is InChI=1S/C20H15Cl3F3N3O2/c21-13-6-12(7-14(22)8-13)19(20(24,25)26)9-17(29-31-19)11-3-4-15(23)16(5-11)27-28-18(30)10-1-2-10/h3-8,10,27H,1-2,9H2,(H,28,30). The fourth-order valence-corrected chi connectivity index (χ4v) is 3.91. The van der Waals surface area contributed by atoms with Crippen LogP contribution in [0, 0.1) is 5.92 Å². The van der Waals surface area contributed by atoms with Gasteiger partial charge in [-0.3, -0.25) is 15.6 Å². The van der Waals surface area contributed by atoms with Crippen molar-refractivity contribution in [3.63, 3.8) is 0 Å². The predicted molar refractivity (Wildman–Crippen MR) is 112 cm³/mol. The molecule has 1 saturated carbocycles. The van der Waals surface area contributed by atoms with Crippen molar-refractivity contribution in [2.45, 2.75) is 31.0 Å². The second kappa shape index (κ2) is 8.07. The van der Waals surface area contributed by atoms with E-state index in [1.165, 1.54) is 24.3 Å². The van der Waals surface area contributed by atoms with E-state index >= 15 is 0 Å². The zero-order chi connectivity index (χ0) is 22.4. The Morgan fingerprint density at radius 3 is 2.39 bits per heavy atom. The fourth-order valence-electron chi connectivity index (χ4n) is 3.22. The molecule has 1 aliphatic carbocycles. The molecule has 1 atom stereocenters. The first kappa shape index (κ1) is 22.0. The van der Waals surface area contributed by atoms with Crippen LogP contribution in [0.25, 0.3) is 0 Å². The van der Waals surface area contributed by atoms with Gasteiger partial charge >= 0.3 is 6.18 Å². The first-order chi connectivity index (χ1) is 14.6. The summed E-state index contributed by atoms with van der Waals surface area (Å²) in [6.07, 6.45) is -3.74. The van der Waals surface area contributed by atoms with Crippen LogP contribution in [0.1, 0.15) is 30.4 Å². The number of rotatable bonds is 5. The molecule has 2 N–H and O–H groups in total. The number of carbonyl (C=O) groups is 1. The van der Waals surface area contributed by atoms with Crippen molar-refractivity contribution >= 4 is 52.1 Å². The molecular formula is C20H15Cl3F3N3O2. The molecule has 0 spiro atoms. The van der Waals surface area contributed by atoms with Crippen LogP contribution in [-0.2, 0) is 15.2 Å². The smallest absolute Gasteiger partial charge is 0.374 e. The number of hydrazine groups is 1. The lowest BCUT2D eigenvalue weighted by molar-refractivity contribution is -0.275. The summed E-state index contributed by atoms with van der Waals surface area (Å²) < 4.78 is 42.4. The molecule has 0 aromatic heterocycles. The maximum absolute atomic E-state index is 14.1. The number of benzene rings is 2. The summed E-state index contributed by atoms with van der Waals surface area (Å²) >= 11 is 18.0. The van der Waals surface area contributed by atoms with Crippen LogP contribution in [0.5, 0.6) is 0 Å². The average molecular weight is 493 g/mol. The van der Waals surface area contributed by atoms with Gasteiger partial charge in [0.05, 0.1) is 16.4 Å². The summed E-state index contributed by atoms with van der Waals surface area (Å²) in [7, 11) is 0. The van der Waals surface area contributed by atoms with Crippen LogP contribution in [0.15, 0.2) is 41.6 Å². The van der Waals surface area contributed by atoms with E-state index < -0.39 is 18.2 Å². The monoisotopic (exact) mass is 491 g/mol. The molecule has 31 heavy (non-hydrogen) atoms. The van der Waals surface area contributed by atoms with Crippen molar-refractivity contribution in [1.82, 2.24) is 5.43 Å². The third kappa shape index (κ3) is 4.42. The molecule has 0 saturated heterocycles. The Bertz CT molecular complexity index is 1050. The van der Waals surface area contributed by atoms with E-state index in [-0.39, 0.29) is 38.2 Å². The second-order valence-corrected chi connectivity index (χ2v) is 8.65. The molecule has 1 amide bonds. The van der Waals surface area contributed by atoms with Gasteiger partial charge in [-0.1, -0.05) is 46.0 Å². The third-order valence-electron chi connectivity index (χ3n) is 5.08. The lowest BCUT2D eigenvalue weighted by Crippen LogP contribution is -2.42. The minimum absolute atomic E-state index is 0.0287. The maximum atomic E-state index is 14.1. The van der Waals surface area contributed by atoms with Gasteiger partial charge in [0, 0.05) is 33.5 Å². The quantitative estimate of drug-likeness (QED) is 0.497. The Balaban J connectivity index is 1.61. The van der Waals surface area contributed by atoms with Crippen LogP contribution in [0.4, 0.5) is 18.9 Å². The highest BCUT2D eigenvalue weighted by Crippen LogP contribution is 2.49. The Kier molecular flexibility index (Phi) is 5.74. The fraction of sp³-hybridized carbons (Fsp3) is 0.300. The van der Waals surface area contributed by atoms with Crippen molar-refractivity contribution in [3.05, 3.63) is 62.6 Å². The van der Waals surface area contributed by atoms with E-state index in [1.807, 2.05) is 0 Å². The van der Waals surface area contributed by atoms with Crippen molar-refractivity contribution in [3.8, 4) is 0 Å². The van der Waals surface area contributed by atoms with Crippen LogP contribution in [0.3, 0.4) is 0 Å². The molecule has 5 nitrogen and oxygen atoms in total. The summed E-state index contributed by atoms with van der Waals surface area (Å²) in [6, 6.07) is 8.16. The summed E-state index contributed by atoms with van der Waals surface area (Å²) in [6.45, 7) is 0.